The molecule has 0 saturated carbocycles. The molecule has 0 spiro atoms. The molecule has 1 aliphatic rings. The number of piperidine rings is 1. The van der Waals surface area contributed by atoms with Gasteiger partial charge in [-0.2, -0.15) is 0 Å². The summed E-state index contributed by atoms with van der Waals surface area (Å²) < 4.78 is 7.45. The van der Waals surface area contributed by atoms with Crippen molar-refractivity contribution in [3.05, 3.63) is 70.5 Å². The number of anilines is 1. The van der Waals surface area contributed by atoms with Gasteiger partial charge in [0.2, 0.25) is 5.91 Å². The number of rotatable bonds is 4. The molecule has 5 rings (SSSR count). The number of nitrogens with zero attached hydrogens (tertiary/aromatic N) is 4. The third-order valence-electron chi connectivity index (χ3n) is 5.84. The Hall–Kier alpha value is -3.52. The molecule has 0 bridgehead atoms. The Morgan fingerprint density at radius 1 is 1.16 bits per heavy atom. The lowest BCUT2D eigenvalue weighted by Gasteiger charge is -2.31. The molecule has 8 heteroatoms. The molecule has 1 aliphatic heterocycles. The van der Waals surface area contributed by atoms with E-state index in [1.54, 1.807) is 12.1 Å². The van der Waals surface area contributed by atoms with Crippen LogP contribution < -0.4 is 10.9 Å². The molecule has 1 saturated heterocycles. The van der Waals surface area contributed by atoms with Crippen molar-refractivity contribution in [1.82, 2.24) is 19.5 Å². The molecule has 1 N–H and O–H groups in total. The van der Waals surface area contributed by atoms with Gasteiger partial charge in [-0.1, -0.05) is 6.07 Å². The van der Waals surface area contributed by atoms with Gasteiger partial charge in [-0.05, 0) is 55.8 Å². The summed E-state index contributed by atoms with van der Waals surface area (Å²) in [6.45, 7) is 3.95. The van der Waals surface area contributed by atoms with Crippen LogP contribution in [0.25, 0.3) is 16.6 Å². The summed E-state index contributed by atoms with van der Waals surface area (Å²) in [5.74, 6) is 1.22. The highest BCUT2D eigenvalue weighted by atomic mass is 16.4. The summed E-state index contributed by atoms with van der Waals surface area (Å²) in [4.78, 5) is 25.8. The first-order valence-electron chi connectivity index (χ1n) is 10.4. The fourth-order valence-corrected chi connectivity index (χ4v) is 4.37. The lowest BCUT2D eigenvalue weighted by Crippen LogP contribution is -2.33. The number of aromatic nitrogens is 3. The Bertz CT molecular complexity index is 1320. The smallest absolute Gasteiger partial charge is 0.336 e. The van der Waals surface area contributed by atoms with Crippen LogP contribution in [0.5, 0.6) is 0 Å². The van der Waals surface area contributed by atoms with Crippen molar-refractivity contribution in [3.63, 3.8) is 0 Å². The normalized spacial score (nSPS) is 15.5. The number of likely N-dealkylation sites (tertiary alicyclic amines) is 1. The van der Waals surface area contributed by atoms with Crippen LogP contribution in [0.15, 0.2) is 57.9 Å². The van der Waals surface area contributed by atoms with Crippen molar-refractivity contribution in [2.24, 2.45) is 0 Å². The molecule has 1 fully saturated rings. The van der Waals surface area contributed by atoms with Gasteiger partial charge in [0.05, 0.1) is 0 Å². The Morgan fingerprint density at radius 2 is 2.00 bits per heavy atom. The molecule has 0 unspecified atom stereocenters. The molecule has 1 amide bonds. The highest BCUT2D eigenvalue weighted by Gasteiger charge is 2.25. The van der Waals surface area contributed by atoms with Crippen LogP contribution in [-0.2, 0) is 11.3 Å². The van der Waals surface area contributed by atoms with Crippen LogP contribution >= 0.6 is 0 Å². The van der Waals surface area contributed by atoms with Gasteiger partial charge in [0.15, 0.2) is 5.65 Å². The minimum atomic E-state index is -0.382. The third-order valence-corrected chi connectivity index (χ3v) is 5.84. The van der Waals surface area contributed by atoms with Gasteiger partial charge in [-0.25, -0.2) is 4.79 Å². The van der Waals surface area contributed by atoms with Gasteiger partial charge in [0.1, 0.15) is 11.4 Å². The zero-order chi connectivity index (χ0) is 21.4. The van der Waals surface area contributed by atoms with E-state index in [-0.39, 0.29) is 11.5 Å². The maximum Gasteiger partial charge on any atom is 0.336 e. The molecule has 3 aromatic heterocycles. The largest absolute Gasteiger partial charge is 0.423 e. The molecular weight excluding hydrogens is 394 g/mol. The molecule has 31 heavy (non-hydrogen) atoms. The number of carbonyl (C=O) groups is 1. The van der Waals surface area contributed by atoms with Crippen molar-refractivity contribution in [3.8, 4) is 0 Å². The fraction of sp³-hybridized carbons (Fsp3) is 0.304. The SMILES string of the molecule is CC(=O)Nc1ccc2c(CN3CCC(c4nnc5ccccn45)CC3)cc(=O)oc2c1. The van der Waals surface area contributed by atoms with Crippen molar-refractivity contribution in [1.29, 1.82) is 0 Å². The average Bonchev–Trinajstić information content (AvgIpc) is 3.18. The van der Waals surface area contributed by atoms with Gasteiger partial charge in [-0.15, -0.1) is 10.2 Å². The van der Waals surface area contributed by atoms with Crippen molar-refractivity contribution in [2.45, 2.75) is 32.2 Å². The number of carbonyl (C=O) groups excluding carboxylic acids is 1. The monoisotopic (exact) mass is 417 g/mol. The van der Waals surface area contributed by atoms with Crippen molar-refractivity contribution in [2.75, 3.05) is 18.4 Å². The van der Waals surface area contributed by atoms with E-state index in [1.165, 1.54) is 6.92 Å². The van der Waals surface area contributed by atoms with Gasteiger partial charge in [-0.3, -0.25) is 14.1 Å². The number of hydrogen-bond acceptors (Lipinski definition) is 6. The van der Waals surface area contributed by atoms with Crippen molar-refractivity contribution < 1.29 is 9.21 Å². The van der Waals surface area contributed by atoms with E-state index in [4.69, 9.17) is 4.42 Å². The summed E-state index contributed by atoms with van der Waals surface area (Å²) in [5.41, 5.74) is 2.53. The number of amides is 1. The molecule has 0 aliphatic carbocycles. The number of benzene rings is 1. The second kappa shape index (κ2) is 7.96. The first-order valence-corrected chi connectivity index (χ1v) is 10.4. The second-order valence-corrected chi connectivity index (χ2v) is 8.02. The Balaban J connectivity index is 1.33. The number of pyridine rings is 1. The maximum absolute atomic E-state index is 12.1. The molecule has 0 radical (unpaired) electrons. The van der Waals surface area contributed by atoms with Crippen LogP contribution in [0.3, 0.4) is 0 Å². The van der Waals surface area contributed by atoms with E-state index >= 15 is 0 Å². The van der Waals surface area contributed by atoms with E-state index in [2.05, 4.69) is 24.8 Å². The quantitative estimate of drug-likeness (QED) is 0.513. The zero-order valence-electron chi connectivity index (χ0n) is 17.2. The highest BCUT2D eigenvalue weighted by Crippen LogP contribution is 2.29. The molecule has 1 aromatic carbocycles. The third kappa shape index (κ3) is 3.94. The lowest BCUT2D eigenvalue weighted by molar-refractivity contribution is -0.114. The van der Waals surface area contributed by atoms with E-state index in [9.17, 15) is 9.59 Å². The second-order valence-electron chi connectivity index (χ2n) is 8.02. The molecule has 4 aromatic rings. The molecule has 0 atom stereocenters. The van der Waals surface area contributed by atoms with Gasteiger partial charge < -0.3 is 9.73 Å². The predicted molar refractivity (Wildman–Crippen MR) is 117 cm³/mol. The van der Waals surface area contributed by atoms with Crippen LogP contribution in [0, 0.1) is 0 Å². The summed E-state index contributed by atoms with van der Waals surface area (Å²) in [7, 11) is 0. The first-order chi connectivity index (χ1) is 15.1. The summed E-state index contributed by atoms with van der Waals surface area (Å²) >= 11 is 0. The topological polar surface area (TPSA) is 92.7 Å². The van der Waals surface area contributed by atoms with Gasteiger partial charge >= 0.3 is 5.63 Å². The van der Waals surface area contributed by atoms with Gasteiger partial charge in [0.25, 0.3) is 0 Å². The first kappa shape index (κ1) is 19.4. The lowest BCUT2D eigenvalue weighted by atomic mass is 9.95. The fourth-order valence-electron chi connectivity index (χ4n) is 4.37. The number of hydrogen-bond donors (Lipinski definition) is 1. The standard InChI is InChI=1S/C23H23N5O3/c1-15(29)24-18-5-6-19-17(12-22(30)31-20(19)13-18)14-27-10-7-16(8-11-27)23-26-25-21-4-2-3-9-28(21)23/h2-6,9,12-13,16H,7-8,10-11,14H2,1H3,(H,24,29). The van der Waals surface area contributed by atoms with E-state index in [1.807, 2.05) is 36.5 Å². The Kier molecular flexibility index (Phi) is 4.99. The summed E-state index contributed by atoms with van der Waals surface area (Å²) in [5, 5.41) is 12.3. The molecule has 158 valence electrons. The summed E-state index contributed by atoms with van der Waals surface area (Å²) in [6.07, 6.45) is 3.99. The maximum atomic E-state index is 12.1. The predicted octanol–water partition coefficient (Wildman–Crippen LogP) is 3.17. The number of nitrogens with one attached hydrogen (secondary N) is 1. The van der Waals surface area contributed by atoms with E-state index in [0.717, 1.165) is 48.4 Å². The van der Waals surface area contributed by atoms with Crippen LogP contribution in [0.2, 0.25) is 0 Å². The van der Waals surface area contributed by atoms with Gasteiger partial charge in [0, 0.05) is 48.8 Å². The number of fused-ring (bicyclic) bond motifs is 2. The summed E-state index contributed by atoms with van der Waals surface area (Å²) in [6, 6.07) is 12.9. The van der Waals surface area contributed by atoms with E-state index in [0.29, 0.717) is 23.7 Å². The minimum absolute atomic E-state index is 0.166. The Labute approximate surface area is 178 Å². The van der Waals surface area contributed by atoms with E-state index < -0.39 is 0 Å². The molecular formula is C23H23N5O3. The highest BCUT2D eigenvalue weighted by molar-refractivity contribution is 5.92. The van der Waals surface area contributed by atoms with Crippen LogP contribution in [0.1, 0.15) is 37.1 Å². The molecule has 4 heterocycles. The van der Waals surface area contributed by atoms with Crippen molar-refractivity contribution >= 4 is 28.2 Å². The molecule has 8 nitrogen and oxygen atoms in total. The van der Waals surface area contributed by atoms with Crippen LogP contribution in [0.4, 0.5) is 5.69 Å². The zero-order valence-corrected chi connectivity index (χ0v) is 17.2. The van der Waals surface area contributed by atoms with Crippen LogP contribution in [-0.4, -0.2) is 38.5 Å². The Morgan fingerprint density at radius 3 is 2.81 bits per heavy atom. The average molecular weight is 417 g/mol. The minimum Gasteiger partial charge on any atom is -0.423 e.